The van der Waals surface area contributed by atoms with Gasteiger partial charge >= 0.3 is 0 Å². The van der Waals surface area contributed by atoms with Crippen molar-refractivity contribution >= 4 is 17.9 Å². The second-order valence-electron chi connectivity index (χ2n) is 2.73. The first-order valence-electron chi connectivity index (χ1n) is 4.09. The maximum Gasteiger partial charge on any atom is 0.273 e. The summed E-state index contributed by atoms with van der Waals surface area (Å²) < 4.78 is 12.4. The topological polar surface area (TPSA) is 89.9 Å². The lowest BCUT2D eigenvalue weighted by molar-refractivity contribution is -0.126. The molecule has 1 rings (SSSR count). The first kappa shape index (κ1) is 11.8. The molecule has 6 nitrogen and oxygen atoms in total. The Morgan fingerprint density at radius 1 is 1.44 bits per heavy atom. The molecule has 16 heavy (non-hydrogen) atoms. The van der Waals surface area contributed by atoms with Gasteiger partial charge in [-0.15, -0.1) is 0 Å². The van der Waals surface area contributed by atoms with Crippen molar-refractivity contribution in [3.05, 3.63) is 30.4 Å². The number of rotatable bonds is 5. The van der Waals surface area contributed by atoms with Crippen LogP contribution in [0.2, 0.25) is 0 Å². The molecule has 0 fully saturated rings. The van der Waals surface area contributed by atoms with Crippen LogP contribution in [0.3, 0.4) is 0 Å². The molecule has 0 aliphatic carbocycles. The molecule has 0 unspecified atom stereocenters. The zero-order chi connectivity index (χ0) is 12.1. The Bertz CT molecular complexity index is 473. The highest BCUT2D eigenvalue weighted by atomic mass is 19.1. The van der Waals surface area contributed by atoms with Gasteiger partial charge in [-0.3, -0.25) is 14.4 Å². The van der Waals surface area contributed by atoms with Crippen LogP contribution in [-0.2, 0) is 16.0 Å². The average molecular weight is 223 g/mol. The molecule has 0 bridgehead atoms. The predicted octanol–water partition coefficient (Wildman–Crippen LogP) is -0.152. The second-order valence-corrected chi connectivity index (χ2v) is 2.73. The van der Waals surface area contributed by atoms with Gasteiger partial charge in [-0.05, 0) is 0 Å². The summed E-state index contributed by atoms with van der Waals surface area (Å²) in [5, 5.41) is 0. The van der Waals surface area contributed by atoms with Crippen molar-refractivity contribution in [1.82, 2.24) is 15.0 Å². The molecule has 0 spiro atoms. The molecular formula is C9H6FN3O3. The summed E-state index contributed by atoms with van der Waals surface area (Å²) in [6, 6.07) is 0. The standard InChI is InChI=1S/C9H6FN3O3/c1-5(10)2-7-11-4-12-9(13-7)8(16)6(15)3-14/h3-4H,1-2H2. The second kappa shape index (κ2) is 4.96. The summed E-state index contributed by atoms with van der Waals surface area (Å²) in [7, 11) is 0. The lowest BCUT2D eigenvalue weighted by atomic mass is 10.2. The van der Waals surface area contributed by atoms with E-state index < -0.39 is 23.2 Å². The summed E-state index contributed by atoms with van der Waals surface area (Å²) in [6.45, 7) is 3.00. The van der Waals surface area contributed by atoms with Crippen molar-refractivity contribution in [2.24, 2.45) is 0 Å². The van der Waals surface area contributed by atoms with Crippen LogP contribution in [0, 0.1) is 0 Å². The van der Waals surface area contributed by atoms with Crippen molar-refractivity contribution in [2.75, 3.05) is 0 Å². The van der Waals surface area contributed by atoms with E-state index in [1.54, 1.807) is 0 Å². The lowest BCUT2D eigenvalue weighted by Gasteiger charge is -1.98. The molecule has 0 amide bonds. The van der Waals surface area contributed by atoms with E-state index in [9.17, 15) is 18.8 Å². The van der Waals surface area contributed by atoms with Crippen molar-refractivity contribution in [2.45, 2.75) is 6.42 Å². The smallest absolute Gasteiger partial charge is 0.273 e. The van der Waals surface area contributed by atoms with E-state index in [0.29, 0.717) is 0 Å². The van der Waals surface area contributed by atoms with Crippen LogP contribution >= 0.6 is 0 Å². The first-order chi connectivity index (χ1) is 7.54. The van der Waals surface area contributed by atoms with Gasteiger partial charge < -0.3 is 0 Å². The molecule has 1 heterocycles. The Kier molecular flexibility index (Phi) is 3.65. The number of aromatic nitrogens is 3. The van der Waals surface area contributed by atoms with Gasteiger partial charge in [0.25, 0.3) is 11.6 Å². The Labute approximate surface area is 89.2 Å². The van der Waals surface area contributed by atoms with E-state index >= 15 is 0 Å². The highest BCUT2D eigenvalue weighted by Gasteiger charge is 2.18. The first-order valence-corrected chi connectivity index (χ1v) is 4.09. The number of halogens is 1. The molecular weight excluding hydrogens is 217 g/mol. The number of carbonyl (C=O) groups excluding carboxylic acids is 3. The van der Waals surface area contributed by atoms with Crippen LogP contribution in [0.15, 0.2) is 18.7 Å². The third-order valence-corrected chi connectivity index (χ3v) is 1.51. The van der Waals surface area contributed by atoms with E-state index in [0.717, 1.165) is 6.33 Å². The monoisotopic (exact) mass is 223 g/mol. The number of Topliss-reactive ketones (excluding diaryl/α,β-unsaturated/α-hetero) is 2. The van der Waals surface area contributed by atoms with Gasteiger partial charge in [-0.1, -0.05) is 6.58 Å². The number of ketones is 2. The molecule has 82 valence electrons. The molecule has 0 aliphatic rings. The third kappa shape index (κ3) is 2.84. The van der Waals surface area contributed by atoms with Crippen LogP contribution in [0.5, 0.6) is 0 Å². The lowest BCUT2D eigenvalue weighted by Crippen LogP contribution is -2.19. The molecule has 0 saturated carbocycles. The largest absolute Gasteiger partial charge is 0.294 e. The molecule has 0 atom stereocenters. The van der Waals surface area contributed by atoms with Gasteiger partial charge in [0, 0.05) is 0 Å². The molecule has 0 aliphatic heterocycles. The van der Waals surface area contributed by atoms with Crippen molar-refractivity contribution in [3.8, 4) is 0 Å². The van der Waals surface area contributed by atoms with Crippen LogP contribution in [0.25, 0.3) is 0 Å². The highest BCUT2D eigenvalue weighted by molar-refractivity contribution is 6.61. The number of hydrogen-bond acceptors (Lipinski definition) is 6. The third-order valence-electron chi connectivity index (χ3n) is 1.51. The Morgan fingerprint density at radius 2 is 2.12 bits per heavy atom. The van der Waals surface area contributed by atoms with Crippen LogP contribution in [0.4, 0.5) is 4.39 Å². The number of aldehydes is 1. The van der Waals surface area contributed by atoms with E-state index in [4.69, 9.17) is 0 Å². The molecule has 0 aromatic carbocycles. The van der Waals surface area contributed by atoms with Crippen LogP contribution in [-0.4, -0.2) is 32.8 Å². The molecule has 0 saturated heterocycles. The minimum Gasteiger partial charge on any atom is -0.294 e. The van der Waals surface area contributed by atoms with Crippen molar-refractivity contribution in [3.63, 3.8) is 0 Å². The number of nitrogens with zero attached hydrogens (tertiary/aromatic N) is 3. The molecule has 1 aromatic heterocycles. The zero-order valence-electron chi connectivity index (χ0n) is 8.01. The summed E-state index contributed by atoms with van der Waals surface area (Å²) in [5.74, 6) is -3.63. The quantitative estimate of drug-likeness (QED) is 0.298. The fraction of sp³-hybridized carbons (Fsp3) is 0.111. The average Bonchev–Trinajstić information content (AvgIpc) is 2.26. The fourth-order valence-corrected chi connectivity index (χ4v) is 0.860. The molecule has 7 heteroatoms. The Balaban J connectivity index is 2.98. The summed E-state index contributed by atoms with van der Waals surface area (Å²) >= 11 is 0. The van der Waals surface area contributed by atoms with Crippen molar-refractivity contribution in [1.29, 1.82) is 0 Å². The normalized spacial score (nSPS) is 9.56. The number of hydrogen-bond donors (Lipinski definition) is 0. The van der Waals surface area contributed by atoms with Gasteiger partial charge in [0.2, 0.25) is 5.82 Å². The summed E-state index contributed by atoms with van der Waals surface area (Å²) in [5.41, 5.74) is 0. The Hall–Kier alpha value is -2.31. The van der Waals surface area contributed by atoms with E-state index in [2.05, 4.69) is 21.5 Å². The van der Waals surface area contributed by atoms with E-state index in [-0.39, 0.29) is 18.5 Å². The summed E-state index contributed by atoms with van der Waals surface area (Å²) in [6.07, 6.45) is 0.536. The Morgan fingerprint density at radius 3 is 2.69 bits per heavy atom. The van der Waals surface area contributed by atoms with Gasteiger partial charge in [-0.2, -0.15) is 0 Å². The zero-order valence-corrected chi connectivity index (χ0v) is 8.01. The van der Waals surface area contributed by atoms with E-state index in [1.165, 1.54) is 0 Å². The maximum absolute atomic E-state index is 12.4. The predicted molar refractivity (Wildman–Crippen MR) is 49.2 cm³/mol. The van der Waals surface area contributed by atoms with Crippen molar-refractivity contribution < 1.29 is 18.8 Å². The maximum atomic E-state index is 12.4. The van der Waals surface area contributed by atoms with Gasteiger partial charge in [0.1, 0.15) is 18.0 Å². The SMILES string of the molecule is C=C(F)Cc1ncnc(C(=O)C(=O)C=O)n1. The van der Waals surface area contributed by atoms with Gasteiger partial charge in [0.05, 0.1) is 6.42 Å². The van der Waals surface area contributed by atoms with Gasteiger partial charge in [-0.25, -0.2) is 19.3 Å². The van der Waals surface area contributed by atoms with E-state index in [1.807, 2.05) is 0 Å². The minimum atomic E-state index is -1.27. The number of allylic oxidation sites excluding steroid dienone is 1. The number of carbonyl (C=O) groups is 3. The molecule has 0 radical (unpaired) electrons. The minimum absolute atomic E-state index is 0.0375. The van der Waals surface area contributed by atoms with Gasteiger partial charge in [0.15, 0.2) is 6.29 Å². The molecule has 0 N–H and O–H groups in total. The molecule has 1 aromatic rings. The highest BCUT2D eigenvalue weighted by Crippen LogP contribution is 2.01. The fourth-order valence-electron chi connectivity index (χ4n) is 0.860. The van der Waals surface area contributed by atoms with Crippen LogP contribution < -0.4 is 0 Å². The van der Waals surface area contributed by atoms with Crippen LogP contribution in [0.1, 0.15) is 16.4 Å². The summed E-state index contributed by atoms with van der Waals surface area (Å²) in [4.78, 5) is 42.5.